The molecule has 3 aromatic rings. The first kappa shape index (κ1) is 33.9. The highest BCUT2D eigenvalue weighted by Gasteiger charge is 2.26. The van der Waals surface area contributed by atoms with Crippen LogP contribution >= 0.6 is 23.2 Å². The van der Waals surface area contributed by atoms with E-state index in [0.717, 1.165) is 74.3 Å². The fraction of sp³-hybridized carbons (Fsp3) is 0.529. The zero-order valence-corrected chi connectivity index (χ0v) is 28.1. The number of anilines is 1. The Labute approximate surface area is 271 Å². The number of hydrogen-bond acceptors (Lipinski definition) is 7. The lowest BCUT2D eigenvalue weighted by Gasteiger charge is -2.36. The van der Waals surface area contributed by atoms with Gasteiger partial charge in [0.15, 0.2) is 0 Å². The van der Waals surface area contributed by atoms with Crippen molar-refractivity contribution < 1.29 is 19.0 Å². The standard InChI is InChI=1S/C34H46Cl2N4O4/c1-33(2,3)22-34(4,5)23-37-32(41)44-24-43-30-14-12-25-11-13-26(21-28(25)38-30)42-20-7-6-15-39-16-18-40(19-17-39)29-10-8-9-27(35)31(29)36/h8-14,21H,6-7,15-20,22-24H2,1-5H3,(H,37,41). The lowest BCUT2D eigenvalue weighted by Crippen LogP contribution is -2.46. The number of nitrogens with one attached hydrogen (secondary N) is 1. The molecule has 1 aromatic heterocycles. The Hall–Kier alpha value is -2.94. The first-order chi connectivity index (χ1) is 20.9. The molecule has 0 aliphatic carbocycles. The van der Waals surface area contributed by atoms with Crippen molar-refractivity contribution in [1.82, 2.24) is 15.2 Å². The molecule has 1 aliphatic rings. The van der Waals surface area contributed by atoms with Crippen molar-refractivity contribution in [3.63, 3.8) is 0 Å². The van der Waals surface area contributed by atoms with Crippen LogP contribution in [0.5, 0.6) is 11.6 Å². The predicted molar refractivity (Wildman–Crippen MR) is 179 cm³/mol. The molecule has 0 radical (unpaired) electrons. The van der Waals surface area contributed by atoms with Crippen molar-refractivity contribution in [1.29, 1.82) is 0 Å². The number of piperazine rings is 1. The number of aromatic nitrogens is 1. The molecule has 10 heteroatoms. The minimum Gasteiger partial charge on any atom is -0.494 e. The number of alkyl carbamates (subject to hydrolysis) is 1. The summed E-state index contributed by atoms with van der Waals surface area (Å²) < 4.78 is 16.8. The van der Waals surface area contributed by atoms with Crippen molar-refractivity contribution >= 4 is 45.9 Å². The van der Waals surface area contributed by atoms with E-state index in [1.54, 1.807) is 6.07 Å². The van der Waals surface area contributed by atoms with Crippen molar-refractivity contribution in [2.24, 2.45) is 10.8 Å². The molecule has 0 bridgehead atoms. The minimum atomic E-state index is -0.506. The van der Waals surface area contributed by atoms with E-state index in [0.29, 0.717) is 29.1 Å². The highest BCUT2D eigenvalue weighted by atomic mass is 35.5. The van der Waals surface area contributed by atoms with Crippen LogP contribution < -0.4 is 19.7 Å². The Bertz CT molecular complexity index is 1390. The zero-order chi connectivity index (χ0) is 31.7. The van der Waals surface area contributed by atoms with E-state index in [1.807, 2.05) is 42.5 Å². The van der Waals surface area contributed by atoms with Crippen LogP contribution in [0, 0.1) is 10.8 Å². The number of hydrogen-bond donors (Lipinski definition) is 1. The molecule has 240 valence electrons. The summed E-state index contributed by atoms with van der Waals surface area (Å²) in [5.74, 6) is 1.15. The van der Waals surface area contributed by atoms with Crippen LogP contribution in [0.2, 0.25) is 10.0 Å². The van der Waals surface area contributed by atoms with Crippen LogP contribution in [0.1, 0.15) is 53.9 Å². The molecule has 0 atom stereocenters. The second-order valence-electron chi connectivity index (χ2n) is 13.4. The van der Waals surface area contributed by atoms with Gasteiger partial charge in [-0.25, -0.2) is 9.78 Å². The molecule has 4 rings (SSSR count). The Balaban J connectivity index is 1.14. The number of carbonyl (C=O) groups excluding carboxylic acids is 1. The molecular formula is C34H46Cl2N4O4. The molecule has 1 fully saturated rings. The maximum Gasteiger partial charge on any atom is 0.410 e. The number of amides is 1. The fourth-order valence-corrected chi connectivity index (χ4v) is 6.24. The van der Waals surface area contributed by atoms with E-state index in [9.17, 15) is 4.79 Å². The molecule has 1 N–H and O–H groups in total. The van der Waals surface area contributed by atoms with Crippen LogP contribution in [0.25, 0.3) is 10.9 Å². The van der Waals surface area contributed by atoms with Crippen molar-refractivity contribution in [3.8, 4) is 11.6 Å². The van der Waals surface area contributed by atoms with Gasteiger partial charge in [0.25, 0.3) is 0 Å². The summed E-state index contributed by atoms with van der Waals surface area (Å²) in [5.41, 5.74) is 1.91. The summed E-state index contributed by atoms with van der Waals surface area (Å²) >= 11 is 12.6. The van der Waals surface area contributed by atoms with E-state index in [4.69, 9.17) is 37.4 Å². The van der Waals surface area contributed by atoms with Gasteiger partial charge in [-0.2, -0.15) is 0 Å². The lowest BCUT2D eigenvalue weighted by molar-refractivity contribution is 0.0542. The van der Waals surface area contributed by atoms with Crippen LogP contribution in [0.4, 0.5) is 10.5 Å². The van der Waals surface area contributed by atoms with Gasteiger partial charge in [0.1, 0.15) is 5.75 Å². The topological polar surface area (TPSA) is 76.2 Å². The van der Waals surface area contributed by atoms with Gasteiger partial charge in [-0.05, 0) is 67.0 Å². The Kier molecular flexibility index (Phi) is 11.9. The number of fused-ring (bicyclic) bond motifs is 1. The zero-order valence-electron chi connectivity index (χ0n) is 26.6. The Morgan fingerprint density at radius 3 is 2.45 bits per heavy atom. The first-order valence-electron chi connectivity index (χ1n) is 15.4. The third-order valence-corrected chi connectivity index (χ3v) is 8.35. The number of nitrogens with zero attached hydrogens (tertiary/aromatic N) is 3. The van der Waals surface area contributed by atoms with Gasteiger partial charge in [0.05, 0.1) is 27.9 Å². The second kappa shape index (κ2) is 15.4. The Morgan fingerprint density at radius 1 is 0.955 bits per heavy atom. The SMILES string of the molecule is CC(C)(C)CC(C)(C)CNC(=O)OCOc1ccc2ccc(OCCCCN3CCN(c4cccc(Cl)c4Cl)CC3)cc2n1. The molecule has 44 heavy (non-hydrogen) atoms. The maximum absolute atomic E-state index is 12.2. The third-order valence-electron chi connectivity index (χ3n) is 7.54. The molecule has 0 unspecified atom stereocenters. The summed E-state index contributed by atoms with van der Waals surface area (Å²) in [6.45, 7) is 16.7. The molecule has 1 aliphatic heterocycles. The number of halogens is 2. The van der Waals surface area contributed by atoms with Crippen LogP contribution in [-0.4, -0.2) is 68.6 Å². The van der Waals surface area contributed by atoms with Crippen LogP contribution in [0.3, 0.4) is 0 Å². The monoisotopic (exact) mass is 644 g/mol. The molecule has 1 amide bonds. The number of carbonyl (C=O) groups is 1. The number of unbranched alkanes of at least 4 members (excludes halogenated alkanes) is 1. The number of benzene rings is 2. The molecule has 1 saturated heterocycles. The van der Waals surface area contributed by atoms with E-state index in [-0.39, 0.29) is 17.6 Å². The van der Waals surface area contributed by atoms with E-state index < -0.39 is 6.09 Å². The molecule has 2 heterocycles. The number of pyridine rings is 1. The normalized spacial score (nSPS) is 14.5. The van der Waals surface area contributed by atoms with Gasteiger partial charge in [0, 0.05) is 50.2 Å². The summed E-state index contributed by atoms with van der Waals surface area (Å²) in [5, 5.41) is 5.04. The minimum absolute atomic E-state index is 0.0397. The molecule has 2 aromatic carbocycles. The maximum atomic E-state index is 12.2. The van der Waals surface area contributed by atoms with E-state index in [2.05, 4.69) is 54.7 Å². The average Bonchev–Trinajstić information content (AvgIpc) is 2.96. The fourth-order valence-electron chi connectivity index (χ4n) is 5.83. The van der Waals surface area contributed by atoms with Crippen molar-refractivity contribution in [3.05, 3.63) is 58.6 Å². The first-order valence-corrected chi connectivity index (χ1v) is 16.1. The number of ether oxygens (including phenoxy) is 3. The molecular weight excluding hydrogens is 599 g/mol. The van der Waals surface area contributed by atoms with Gasteiger partial charge in [-0.1, -0.05) is 63.9 Å². The molecule has 0 spiro atoms. The van der Waals surface area contributed by atoms with Crippen LogP contribution in [0.15, 0.2) is 48.5 Å². The van der Waals surface area contributed by atoms with Gasteiger partial charge in [-0.15, -0.1) is 0 Å². The lowest BCUT2D eigenvalue weighted by atomic mass is 9.76. The van der Waals surface area contributed by atoms with Gasteiger partial charge < -0.3 is 24.4 Å². The van der Waals surface area contributed by atoms with Crippen LogP contribution in [-0.2, 0) is 4.74 Å². The summed E-state index contributed by atoms with van der Waals surface area (Å²) in [7, 11) is 0. The van der Waals surface area contributed by atoms with Gasteiger partial charge in [-0.3, -0.25) is 4.90 Å². The summed E-state index contributed by atoms with van der Waals surface area (Å²) in [6.07, 6.45) is 2.49. The number of rotatable bonds is 13. The smallest absolute Gasteiger partial charge is 0.410 e. The predicted octanol–water partition coefficient (Wildman–Crippen LogP) is 8.05. The van der Waals surface area contributed by atoms with Gasteiger partial charge >= 0.3 is 6.09 Å². The average molecular weight is 646 g/mol. The van der Waals surface area contributed by atoms with E-state index in [1.165, 1.54) is 0 Å². The van der Waals surface area contributed by atoms with E-state index >= 15 is 0 Å². The highest BCUT2D eigenvalue weighted by molar-refractivity contribution is 6.43. The quantitative estimate of drug-likeness (QED) is 0.149. The largest absolute Gasteiger partial charge is 0.494 e. The summed E-state index contributed by atoms with van der Waals surface area (Å²) in [4.78, 5) is 21.5. The van der Waals surface area contributed by atoms with Gasteiger partial charge in [0.2, 0.25) is 12.7 Å². The highest BCUT2D eigenvalue weighted by Crippen LogP contribution is 2.33. The molecule has 0 saturated carbocycles. The third kappa shape index (κ3) is 10.6. The van der Waals surface area contributed by atoms with Crippen molar-refractivity contribution in [2.45, 2.75) is 53.9 Å². The summed E-state index contributed by atoms with van der Waals surface area (Å²) in [6, 6.07) is 15.3. The Morgan fingerprint density at radius 2 is 1.70 bits per heavy atom. The second-order valence-corrected chi connectivity index (χ2v) is 14.2. The van der Waals surface area contributed by atoms with Crippen molar-refractivity contribution in [2.75, 3.05) is 57.6 Å². The molecule has 8 nitrogen and oxygen atoms in total.